The zero-order valence-electron chi connectivity index (χ0n) is 10.3. The van der Waals surface area contributed by atoms with E-state index < -0.39 is 5.97 Å². The lowest BCUT2D eigenvalue weighted by Crippen LogP contribution is -2.22. The van der Waals surface area contributed by atoms with E-state index in [0.29, 0.717) is 0 Å². The van der Waals surface area contributed by atoms with Crippen LogP contribution in [0.15, 0.2) is 41.7 Å². The molecule has 0 atom stereocenters. The fraction of sp³-hybridized carbons (Fsp3) is 0.231. The lowest BCUT2D eigenvalue weighted by molar-refractivity contribution is -0.138. The van der Waals surface area contributed by atoms with Crippen molar-refractivity contribution in [1.82, 2.24) is 0 Å². The maximum atomic E-state index is 11.6. The first-order valence-corrected chi connectivity index (χ1v) is 5.90. The van der Waals surface area contributed by atoms with E-state index in [0.717, 1.165) is 5.69 Å². The molecule has 96 valence electrons. The number of thiocarbonyl (C=S) groups is 1. The number of ether oxygens (including phenoxy) is 1. The van der Waals surface area contributed by atoms with Gasteiger partial charge in [0.1, 0.15) is 16.3 Å². The van der Waals surface area contributed by atoms with Crippen LogP contribution in [0.4, 0.5) is 5.69 Å². The molecular weight excluding hydrogens is 250 g/mol. The van der Waals surface area contributed by atoms with Crippen LogP contribution in [0.2, 0.25) is 0 Å². The topological polar surface area (TPSA) is 58.6 Å². The van der Waals surface area contributed by atoms with Crippen LogP contribution < -0.4 is 5.32 Å². The van der Waals surface area contributed by atoms with Crippen LogP contribution in [0.1, 0.15) is 13.8 Å². The van der Waals surface area contributed by atoms with Crippen LogP contribution >= 0.6 is 12.2 Å². The van der Waals surface area contributed by atoms with Crippen LogP contribution in [-0.4, -0.2) is 22.7 Å². The molecule has 0 aromatic heterocycles. The van der Waals surface area contributed by atoms with Gasteiger partial charge in [-0.1, -0.05) is 30.4 Å². The molecule has 0 saturated carbocycles. The van der Waals surface area contributed by atoms with E-state index in [1.807, 2.05) is 30.3 Å². The molecule has 0 aliphatic rings. The van der Waals surface area contributed by atoms with Crippen molar-refractivity contribution >= 4 is 28.9 Å². The maximum absolute atomic E-state index is 11.6. The third-order valence-corrected chi connectivity index (χ3v) is 2.41. The predicted octanol–water partition coefficient (Wildman–Crippen LogP) is 2.82. The molecule has 0 bridgehead atoms. The third-order valence-electron chi connectivity index (χ3n) is 2.10. The molecule has 0 unspecified atom stereocenters. The number of para-hydroxylation sites is 1. The van der Waals surface area contributed by atoms with Gasteiger partial charge in [-0.05, 0) is 26.0 Å². The van der Waals surface area contributed by atoms with E-state index in [9.17, 15) is 9.90 Å². The third kappa shape index (κ3) is 3.85. The van der Waals surface area contributed by atoms with Gasteiger partial charge in [0.2, 0.25) is 0 Å². The number of hydrogen-bond acceptors (Lipinski definition) is 4. The second-order valence-electron chi connectivity index (χ2n) is 3.50. The Morgan fingerprint density at radius 3 is 2.50 bits per heavy atom. The molecule has 0 spiro atoms. The van der Waals surface area contributed by atoms with E-state index in [1.54, 1.807) is 6.92 Å². The fourth-order valence-electron chi connectivity index (χ4n) is 1.32. The van der Waals surface area contributed by atoms with E-state index in [-0.39, 0.29) is 22.9 Å². The lowest BCUT2D eigenvalue weighted by Gasteiger charge is -2.11. The monoisotopic (exact) mass is 265 g/mol. The quantitative estimate of drug-likeness (QED) is 0.379. The Morgan fingerprint density at radius 2 is 2.00 bits per heavy atom. The van der Waals surface area contributed by atoms with Crippen molar-refractivity contribution in [2.75, 3.05) is 11.9 Å². The summed E-state index contributed by atoms with van der Waals surface area (Å²) in [6.07, 6.45) is 0. The number of anilines is 1. The Kier molecular flexibility index (Phi) is 5.32. The number of rotatable bonds is 4. The van der Waals surface area contributed by atoms with E-state index in [4.69, 9.17) is 17.0 Å². The summed E-state index contributed by atoms with van der Waals surface area (Å²) in [4.78, 5) is 11.8. The van der Waals surface area contributed by atoms with Crippen LogP contribution in [0.5, 0.6) is 0 Å². The van der Waals surface area contributed by atoms with E-state index in [2.05, 4.69) is 5.32 Å². The molecule has 0 aliphatic carbocycles. The first-order chi connectivity index (χ1) is 8.56. The zero-order valence-corrected chi connectivity index (χ0v) is 11.1. The van der Waals surface area contributed by atoms with Crippen molar-refractivity contribution in [2.45, 2.75) is 13.8 Å². The van der Waals surface area contributed by atoms with Crippen molar-refractivity contribution in [2.24, 2.45) is 0 Å². The summed E-state index contributed by atoms with van der Waals surface area (Å²) in [5.74, 6) is -0.798. The highest BCUT2D eigenvalue weighted by molar-refractivity contribution is 7.81. The molecule has 1 aromatic carbocycles. The average molecular weight is 265 g/mol. The Hall–Kier alpha value is -1.88. The van der Waals surface area contributed by atoms with Gasteiger partial charge >= 0.3 is 5.97 Å². The van der Waals surface area contributed by atoms with Gasteiger partial charge in [-0.25, -0.2) is 4.79 Å². The highest BCUT2D eigenvalue weighted by atomic mass is 32.1. The maximum Gasteiger partial charge on any atom is 0.344 e. The molecule has 0 fully saturated rings. The van der Waals surface area contributed by atoms with Crippen molar-refractivity contribution in [1.29, 1.82) is 0 Å². The smallest absolute Gasteiger partial charge is 0.344 e. The van der Waals surface area contributed by atoms with Gasteiger partial charge in [0.15, 0.2) is 0 Å². The van der Waals surface area contributed by atoms with Gasteiger partial charge in [0.05, 0.1) is 6.61 Å². The van der Waals surface area contributed by atoms with E-state index in [1.165, 1.54) is 6.92 Å². The minimum absolute atomic E-state index is 0.0179. The number of benzene rings is 1. The number of carbonyl (C=O) groups is 1. The molecule has 0 aliphatic heterocycles. The summed E-state index contributed by atoms with van der Waals surface area (Å²) in [6, 6.07) is 9.16. The Morgan fingerprint density at radius 1 is 1.39 bits per heavy atom. The van der Waals surface area contributed by atoms with Crippen LogP contribution in [-0.2, 0) is 9.53 Å². The van der Waals surface area contributed by atoms with Crippen molar-refractivity contribution in [3.8, 4) is 0 Å². The summed E-state index contributed by atoms with van der Waals surface area (Å²) in [7, 11) is 0. The Bertz CT molecular complexity index is 464. The highest BCUT2D eigenvalue weighted by Crippen LogP contribution is 2.12. The van der Waals surface area contributed by atoms with Gasteiger partial charge in [0, 0.05) is 5.69 Å². The molecule has 2 N–H and O–H groups in total. The van der Waals surface area contributed by atoms with Gasteiger partial charge < -0.3 is 15.2 Å². The van der Waals surface area contributed by atoms with Gasteiger partial charge in [-0.15, -0.1) is 0 Å². The van der Waals surface area contributed by atoms with Crippen LogP contribution in [0, 0.1) is 0 Å². The molecule has 1 rings (SSSR count). The number of aliphatic hydroxyl groups is 1. The average Bonchev–Trinajstić information content (AvgIpc) is 2.30. The van der Waals surface area contributed by atoms with E-state index >= 15 is 0 Å². The van der Waals surface area contributed by atoms with Crippen LogP contribution in [0.3, 0.4) is 0 Å². The van der Waals surface area contributed by atoms with Gasteiger partial charge in [-0.3, -0.25) is 0 Å². The normalized spacial score (nSPS) is 11.4. The fourth-order valence-corrected chi connectivity index (χ4v) is 1.67. The number of esters is 1. The molecule has 0 saturated heterocycles. The summed E-state index contributed by atoms with van der Waals surface area (Å²) in [5.41, 5.74) is 0.723. The SMILES string of the molecule is CCOC(=O)C(C(=S)Nc1ccccc1)=C(C)O. The molecule has 1 aromatic rings. The minimum Gasteiger partial charge on any atom is -0.512 e. The van der Waals surface area contributed by atoms with Gasteiger partial charge in [0.25, 0.3) is 0 Å². The zero-order chi connectivity index (χ0) is 13.5. The van der Waals surface area contributed by atoms with Crippen molar-refractivity contribution < 1.29 is 14.6 Å². The first-order valence-electron chi connectivity index (χ1n) is 5.49. The second kappa shape index (κ2) is 6.76. The standard InChI is InChI=1S/C13H15NO3S/c1-3-17-13(16)11(9(2)15)12(18)14-10-7-5-4-6-8-10/h4-8,15H,3H2,1-2H3,(H,14,18). The summed E-state index contributed by atoms with van der Waals surface area (Å²) in [6.45, 7) is 3.31. The molecule has 4 nitrogen and oxygen atoms in total. The predicted molar refractivity (Wildman–Crippen MR) is 74.6 cm³/mol. The Labute approximate surface area is 111 Å². The van der Waals surface area contributed by atoms with Crippen molar-refractivity contribution in [3.63, 3.8) is 0 Å². The second-order valence-corrected chi connectivity index (χ2v) is 3.91. The molecule has 0 radical (unpaired) electrons. The highest BCUT2D eigenvalue weighted by Gasteiger charge is 2.19. The van der Waals surface area contributed by atoms with Crippen LogP contribution in [0.25, 0.3) is 0 Å². The summed E-state index contributed by atoms with van der Waals surface area (Å²) in [5, 5.41) is 12.4. The molecule has 0 heterocycles. The lowest BCUT2D eigenvalue weighted by atomic mass is 10.2. The number of allylic oxidation sites excluding steroid dienone is 1. The number of nitrogens with one attached hydrogen (secondary N) is 1. The molecule has 18 heavy (non-hydrogen) atoms. The van der Waals surface area contributed by atoms with Gasteiger partial charge in [-0.2, -0.15) is 0 Å². The molecule has 5 heteroatoms. The Balaban J connectivity index is 2.86. The molecular formula is C13H15NO3S. The number of carbonyl (C=O) groups excluding carboxylic acids is 1. The number of aliphatic hydroxyl groups excluding tert-OH is 1. The summed E-state index contributed by atoms with van der Waals surface area (Å²) >= 11 is 5.09. The largest absolute Gasteiger partial charge is 0.512 e. The minimum atomic E-state index is -0.633. The number of hydrogen-bond donors (Lipinski definition) is 2. The molecule has 0 amide bonds. The van der Waals surface area contributed by atoms with Crippen molar-refractivity contribution in [3.05, 3.63) is 41.7 Å². The summed E-state index contributed by atoms with van der Waals surface area (Å²) < 4.78 is 4.84. The first kappa shape index (κ1) is 14.2.